The highest BCUT2D eigenvalue weighted by Gasteiger charge is 2.15. The number of nitrogens with one attached hydrogen (secondary N) is 2. The Kier molecular flexibility index (Phi) is 4.81. The number of anilines is 3. The third-order valence-electron chi connectivity index (χ3n) is 4.18. The first-order chi connectivity index (χ1) is 13.9. The fourth-order valence-electron chi connectivity index (χ4n) is 2.83. The van der Waals surface area contributed by atoms with Crippen LogP contribution < -0.4 is 10.0 Å². The van der Waals surface area contributed by atoms with E-state index in [4.69, 9.17) is 0 Å². The van der Waals surface area contributed by atoms with Crippen molar-refractivity contribution in [1.82, 2.24) is 19.9 Å². The second-order valence-electron chi connectivity index (χ2n) is 6.46. The van der Waals surface area contributed by atoms with E-state index in [0.29, 0.717) is 5.65 Å². The van der Waals surface area contributed by atoms with E-state index in [1.54, 1.807) is 18.2 Å². The predicted octanol–water partition coefficient (Wildman–Crippen LogP) is 3.58. The summed E-state index contributed by atoms with van der Waals surface area (Å²) in [5.41, 5.74) is 3.99. The standard InChI is InChI=1S/C20H18N6O2S/c1-13-4-9-17-18(12-14(2)24-19(17)23-13)25-15-5-7-16(8-6-15)29(27,28)26-20-21-10-3-11-22-20/h3-12H,1-2H3,(H,21,22,26)(H,23,24,25). The molecule has 0 aliphatic rings. The van der Waals surface area contributed by atoms with Crippen LogP contribution in [-0.2, 0) is 10.0 Å². The molecule has 8 nitrogen and oxygen atoms in total. The predicted molar refractivity (Wildman–Crippen MR) is 112 cm³/mol. The highest BCUT2D eigenvalue weighted by Crippen LogP contribution is 2.26. The highest BCUT2D eigenvalue weighted by molar-refractivity contribution is 7.92. The van der Waals surface area contributed by atoms with Gasteiger partial charge < -0.3 is 5.32 Å². The van der Waals surface area contributed by atoms with Gasteiger partial charge in [0, 0.05) is 34.9 Å². The van der Waals surface area contributed by atoms with E-state index in [9.17, 15) is 8.42 Å². The Hall–Kier alpha value is -3.59. The van der Waals surface area contributed by atoms with Crippen LogP contribution in [0.2, 0.25) is 0 Å². The van der Waals surface area contributed by atoms with Gasteiger partial charge in [-0.05, 0) is 62.4 Å². The summed E-state index contributed by atoms with van der Waals surface area (Å²) >= 11 is 0. The molecular formula is C20H18N6O2S. The lowest BCUT2D eigenvalue weighted by atomic mass is 10.2. The minimum absolute atomic E-state index is 0.0243. The van der Waals surface area contributed by atoms with Crippen LogP contribution in [0.25, 0.3) is 11.0 Å². The molecule has 2 N–H and O–H groups in total. The summed E-state index contributed by atoms with van der Waals surface area (Å²) in [5, 5.41) is 4.21. The summed E-state index contributed by atoms with van der Waals surface area (Å²) < 4.78 is 27.3. The zero-order valence-electron chi connectivity index (χ0n) is 15.8. The number of aromatic nitrogens is 4. The molecule has 0 saturated heterocycles. The molecule has 0 amide bonds. The van der Waals surface area contributed by atoms with Crippen molar-refractivity contribution in [1.29, 1.82) is 0 Å². The molecule has 146 valence electrons. The fourth-order valence-corrected chi connectivity index (χ4v) is 3.79. The van der Waals surface area contributed by atoms with Gasteiger partial charge in [0.1, 0.15) is 0 Å². The molecule has 0 bridgehead atoms. The third-order valence-corrected chi connectivity index (χ3v) is 5.52. The van der Waals surface area contributed by atoms with Gasteiger partial charge in [-0.15, -0.1) is 0 Å². The van der Waals surface area contributed by atoms with Gasteiger partial charge in [0.25, 0.3) is 10.0 Å². The summed E-state index contributed by atoms with van der Waals surface area (Å²) in [5.74, 6) is 0.0243. The zero-order valence-corrected chi connectivity index (χ0v) is 16.6. The van der Waals surface area contributed by atoms with Gasteiger partial charge in [-0.25, -0.2) is 33.1 Å². The van der Waals surface area contributed by atoms with Crippen molar-refractivity contribution in [2.24, 2.45) is 0 Å². The summed E-state index contributed by atoms with van der Waals surface area (Å²) in [6.07, 6.45) is 2.94. The van der Waals surface area contributed by atoms with Crippen LogP contribution in [-0.4, -0.2) is 28.4 Å². The van der Waals surface area contributed by atoms with Gasteiger partial charge in [-0.2, -0.15) is 0 Å². The van der Waals surface area contributed by atoms with Crippen LogP contribution in [0, 0.1) is 13.8 Å². The summed E-state index contributed by atoms with van der Waals surface area (Å²) in [4.78, 5) is 16.8. The lowest BCUT2D eigenvalue weighted by Crippen LogP contribution is -2.14. The second-order valence-corrected chi connectivity index (χ2v) is 8.14. The van der Waals surface area contributed by atoms with Gasteiger partial charge in [0.05, 0.1) is 10.6 Å². The van der Waals surface area contributed by atoms with Crippen LogP contribution in [0.15, 0.2) is 65.8 Å². The normalized spacial score (nSPS) is 11.4. The van der Waals surface area contributed by atoms with Crippen molar-refractivity contribution in [2.45, 2.75) is 18.7 Å². The number of hydrogen-bond donors (Lipinski definition) is 2. The van der Waals surface area contributed by atoms with Gasteiger partial charge >= 0.3 is 0 Å². The number of pyridine rings is 2. The van der Waals surface area contributed by atoms with Crippen molar-refractivity contribution in [2.75, 3.05) is 10.0 Å². The van der Waals surface area contributed by atoms with E-state index in [1.165, 1.54) is 24.5 Å². The van der Waals surface area contributed by atoms with E-state index in [-0.39, 0.29) is 10.8 Å². The molecule has 3 heterocycles. The smallest absolute Gasteiger partial charge is 0.264 e. The minimum Gasteiger partial charge on any atom is -0.355 e. The molecule has 0 aliphatic heterocycles. The number of fused-ring (bicyclic) bond motifs is 1. The Bertz CT molecular complexity index is 1270. The molecule has 4 aromatic rings. The SMILES string of the molecule is Cc1ccc2c(Nc3ccc(S(=O)(=O)Nc4ncccn4)cc3)cc(C)nc2n1. The Labute approximate surface area is 168 Å². The van der Waals surface area contributed by atoms with Crippen molar-refractivity contribution in [3.8, 4) is 0 Å². The second kappa shape index (κ2) is 7.44. The summed E-state index contributed by atoms with van der Waals surface area (Å²) in [6, 6.07) is 13.9. The number of benzene rings is 1. The molecule has 0 radical (unpaired) electrons. The van der Waals surface area contributed by atoms with Crippen LogP contribution >= 0.6 is 0 Å². The maximum Gasteiger partial charge on any atom is 0.264 e. The van der Waals surface area contributed by atoms with Crippen molar-refractivity contribution in [3.05, 3.63) is 72.3 Å². The molecule has 9 heteroatoms. The first kappa shape index (κ1) is 18.8. The molecular weight excluding hydrogens is 388 g/mol. The quantitative estimate of drug-likeness (QED) is 0.521. The molecule has 29 heavy (non-hydrogen) atoms. The first-order valence-corrected chi connectivity index (χ1v) is 10.3. The van der Waals surface area contributed by atoms with Crippen LogP contribution in [0.5, 0.6) is 0 Å². The molecule has 0 saturated carbocycles. The maximum absolute atomic E-state index is 12.5. The van der Waals surface area contributed by atoms with E-state index >= 15 is 0 Å². The van der Waals surface area contributed by atoms with Crippen molar-refractivity contribution < 1.29 is 8.42 Å². The minimum atomic E-state index is -3.77. The van der Waals surface area contributed by atoms with E-state index < -0.39 is 10.0 Å². The maximum atomic E-state index is 12.5. The van der Waals surface area contributed by atoms with Gasteiger partial charge in [0.15, 0.2) is 5.65 Å². The fraction of sp³-hybridized carbons (Fsp3) is 0.100. The molecule has 3 aromatic heterocycles. The average Bonchev–Trinajstić information content (AvgIpc) is 2.68. The average molecular weight is 406 g/mol. The number of hydrogen-bond acceptors (Lipinski definition) is 7. The summed E-state index contributed by atoms with van der Waals surface area (Å²) in [6.45, 7) is 3.83. The molecule has 0 spiro atoms. The number of rotatable bonds is 5. The van der Waals surface area contributed by atoms with Gasteiger partial charge in [-0.3, -0.25) is 0 Å². The largest absolute Gasteiger partial charge is 0.355 e. The molecule has 1 aromatic carbocycles. The van der Waals surface area contributed by atoms with Crippen LogP contribution in [0.3, 0.4) is 0 Å². The lowest BCUT2D eigenvalue weighted by Gasteiger charge is -2.12. The Morgan fingerprint density at radius 3 is 2.28 bits per heavy atom. The monoisotopic (exact) mass is 406 g/mol. The number of aryl methyl sites for hydroxylation is 2. The van der Waals surface area contributed by atoms with E-state index in [1.807, 2.05) is 32.0 Å². The lowest BCUT2D eigenvalue weighted by molar-refractivity contribution is 0.601. The van der Waals surface area contributed by atoms with Gasteiger partial charge in [-0.1, -0.05) is 0 Å². The Morgan fingerprint density at radius 2 is 1.55 bits per heavy atom. The molecule has 0 fully saturated rings. The van der Waals surface area contributed by atoms with Crippen molar-refractivity contribution in [3.63, 3.8) is 0 Å². The Balaban J connectivity index is 1.60. The van der Waals surface area contributed by atoms with Gasteiger partial charge in [0.2, 0.25) is 5.95 Å². The topological polar surface area (TPSA) is 110 Å². The molecule has 0 unspecified atom stereocenters. The van der Waals surface area contributed by atoms with E-state index in [0.717, 1.165) is 28.1 Å². The molecule has 0 atom stereocenters. The van der Waals surface area contributed by atoms with E-state index in [2.05, 4.69) is 30.0 Å². The summed E-state index contributed by atoms with van der Waals surface area (Å²) in [7, 11) is -3.77. The number of sulfonamides is 1. The zero-order chi connectivity index (χ0) is 20.4. The van der Waals surface area contributed by atoms with Crippen LogP contribution in [0.1, 0.15) is 11.4 Å². The van der Waals surface area contributed by atoms with Crippen LogP contribution in [0.4, 0.5) is 17.3 Å². The molecule has 4 rings (SSSR count). The highest BCUT2D eigenvalue weighted by atomic mass is 32.2. The number of nitrogens with zero attached hydrogens (tertiary/aromatic N) is 4. The third kappa shape index (κ3) is 4.14. The molecule has 0 aliphatic carbocycles. The first-order valence-electron chi connectivity index (χ1n) is 8.83. The van der Waals surface area contributed by atoms with Crippen molar-refractivity contribution >= 4 is 38.4 Å². The Morgan fingerprint density at radius 1 is 0.862 bits per heavy atom.